The van der Waals surface area contributed by atoms with Gasteiger partial charge < -0.3 is 14.9 Å². The Morgan fingerprint density at radius 2 is 2.00 bits per heavy atom. The highest BCUT2D eigenvalue weighted by Crippen LogP contribution is 2.42. The summed E-state index contributed by atoms with van der Waals surface area (Å²) < 4.78 is 20.1. The van der Waals surface area contributed by atoms with Gasteiger partial charge in [0.05, 0.1) is 6.10 Å². The lowest BCUT2D eigenvalue weighted by Gasteiger charge is -2.30. The van der Waals surface area contributed by atoms with Crippen molar-refractivity contribution < 1.29 is 19.3 Å². The number of fused-ring (bicyclic) bond motifs is 1. The Bertz CT molecular complexity index is 660. The van der Waals surface area contributed by atoms with Gasteiger partial charge in [-0.15, -0.1) is 0 Å². The molecule has 2 aromatic carbocycles. The minimum Gasteiger partial charge on any atom is -0.505 e. The van der Waals surface area contributed by atoms with E-state index in [0.717, 1.165) is 10.0 Å². The van der Waals surface area contributed by atoms with Crippen molar-refractivity contribution in [3.05, 3.63) is 57.8 Å². The Kier molecular flexibility index (Phi) is 3.40. The average Bonchev–Trinajstić information content (AvgIpc) is 2.41. The average molecular weight is 339 g/mol. The molecule has 1 heterocycles. The van der Waals surface area contributed by atoms with Crippen molar-refractivity contribution in [1.29, 1.82) is 0 Å². The minimum absolute atomic E-state index is 0.346. The van der Waals surface area contributed by atoms with Crippen molar-refractivity contribution in [3.63, 3.8) is 0 Å². The van der Waals surface area contributed by atoms with E-state index in [1.807, 2.05) is 6.07 Å². The molecule has 0 aromatic heterocycles. The first-order valence-electron chi connectivity index (χ1n) is 6.17. The maximum Gasteiger partial charge on any atom is 0.165 e. The molecular weight excluding hydrogens is 327 g/mol. The predicted octanol–water partition coefficient (Wildman–Crippen LogP) is 3.85. The highest BCUT2D eigenvalue weighted by atomic mass is 79.9. The second-order valence-electron chi connectivity index (χ2n) is 4.75. The predicted molar refractivity (Wildman–Crippen MR) is 75.2 cm³/mol. The molecule has 2 unspecified atom stereocenters. The van der Waals surface area contributed by atoms with Crippen LogP contribution < -0.4 is 4.74 Å². The molecule has 0 spiro atoms. The van der Waals surface area contributed by atoms with Crippen LogP contribution >= 0.6 is 15.9 Å². The summed E-state index contributed by atoms with van der Waals surface area (Å²) in [4.78, 5) is 0. The smallest absolute Gasteiger partial charge is 0.165 e. The third kappa shape index (κ3) is 2.39. The highest BCUT2D eigenvalue weighted by Gasteiger charge is 2.28. The van der Waals surface area contributed by atoms with Crippen molar-refractivity contribution in [3.8, 4) is 11.5 Å². The third-order valence-electron chi connectivity index (χ3n) is 3.38. The Morgan fingerprint density at radius 3 is 2.75 bits per heavy atom. The first kappa shape index (κ1) is 13.4. The van der Waals surface area contributed by atoms with Crippen molar-refractivity contribution in [2.75, 3.05) is 0 Å². The van der Waals surface area contributed by atoms with Gasteiger partial charge in [-0.05, 0) is 29.8 Å². The van der Waals surface area contributed by atoms with E-state index >= 15 is 0 Å². The fourth-order valence-corrected chi connectivity index (χ4v) is 2.68. The number of hydrogen-bond donors (Lipinski definition) is 2. The molecule has 2 atom stereocenters. The molecule has 1 aliphatic rings. The molecule has 0 saturated heterocycles. The first-order chi connectivity index (χ1) is 9.54. The molecule has 5 heteroatoms. The van der Waals surface area contributed by atoms with Gasteiger partial charge in [-0.3, -0.25) is 0 Å². The SMILES string of the molecule is Oc1ccc(C2CC(O)c3ccc(Br)cc3O2)cc1F. The van der Waals surface area contributed by atoms with Gasteiger partial charge in [0.15, 0.2) is 11.6 Å². The zero-order valence-electron chi connectivity index (χ0n) is 10.4. The molecule has 2 N–H and O–H groups in total. The van der Waals surface area contributed by atoms with Gasteiger partial charge in [0.25, 0.3) is 0 Å². The second-order valence-corrected chi connectivity index (χ2v) is 5.67. The number of phenols is 1. The zero-order chi connectivity index (χ0) is 14.3. The summed E-state index contributed by atoms with van der Waals surface area (Å²) in [5.74, 6) is -0.509. The number of halogens is 2. The Labute approximate surface area is 123 Å². The largest absolute Gasteiger partial charge is 0.505 e. The van der Waals surface area contributed by atoms with Crippen LogP contribution in [0.2, 0.25) is 0 Å². The highest BCUT2D eigenvalue weighted by molar-refractivity contribution is 9.10. The van der Waals surface area contributed by atoms with Crippen LogP contribution in [0, 0.1) is 5.82 Å². The van der Waals surface area contributed by atoms with Crippen LogP contribution in [-0.2, 0) is 0 Å². The Morgan fingerprint density at radius 1 is 1.20 bits per heavy atom. The van der Waals surface area contributed by atoms with Gasteiger partial charge in [0.2, 0.25) is 0 Å². The summed E-state index contributed by atoms with van der Waals surface area (Å²) in [6.45, 7) is 0. The lowest BCUT2D eigenvalue weighted by atomic mass is 9.95. The van der Waals surface area contributed by atoms with E-state index in [1.165, 1.54) is 12.1 Å². The van der Waals surface area contributed by atoms with E-state index in [0.29, 0.717) is 17.7 Å². The fraction of sp³-hybridized carbons (Fsp3) is 0.200. The summed E-state index contributed by atoms with van der Waals surface area (Å²) in [6.07, 6.45) is -0.755. The number of ether oxygens (including phenoxy) is 1. The number of aliphatic hydroxyl groups excluding tert-OH is 1. The lowest BCUT2D eigenvalue weighted by Crippen LogP contribution is -2.19. The third-order valence-corrected chi connectivity index (χ3v) is 3.88. The van der Waals surface area contributed by atoms with Gasteiger partial charge >= 0.3 is 0 Å². The summed E-state index contributed by atoms with van der Waals surface area (Å²) in [6, 6.07) is 9.54. The van der Waals surface area contributed by atoms with Crippen LogP contribution in [0.3, 0.4) is 0 Å². The van der Waals surface area contributed by atoms with E-state index in [4.69, 9.17) is 4.74 Å². The molecule has 1 aliphatic heterocycles. The summed E-state index contributed by atoms with van der Waals surface area (Å²) >= 11 is 3.35. The number of benzene rings is 2. The normalized spacial score (nSPS) is 21.1. The summed E-state index contributed by atoms with van der Waals surface area (Å²) in [5.41, 5.74) is 1.31. The maximum absolute atomic E-state index is 13.4. The molecule has 0 amide bonds. The molecule has 0 saturated carbocycles. The molecule has 0 aliphatic carbocycles. The van der Waals surface area contributed by atoms with Crippen LogP contribution in [0.1, 0.15) is 29.8 Å². The maximum atomic E-state index is 13.4. The molecule has 3 rings (SSSR count). The van der Waals surface area contributed by atoms with E-state index in [9.17, 15) is 14.6 Å². The summed E-state index contributed by atoms with van der Waals surface area (Å²) in [7, 11) is 0. The quantitative estimate of drug-likeness (QED) is 0.830. The molecule has 3 nitrogen and oxygen atoms in total. The minimum atomic E-state index is -0.694. The molecule has 0 bridgehead atoms. The fourth-order valence-electron chi connectivity index (χ4n) is 2.34. The van der Waals surface area contributed by atoms with Gasteiger partial charge in [0.1, 0.15) is 11.9 Å². The molecular formula is C15H12BrFO3. The van der Waals surface area contributed by atoms with Crippen LogP contribution in [0.15, 0.2) is 40.9 Å². The molecule has 0 radical (unpaired) electrons. The number of hydrogen-bond acceptors (Lipinski definition) is 3. The van der Waals surface area contributed by atoms with E-state index in [2.05, 4.69) is 15.9 Å². The van der Waals surface area contributed by atoms with Gasteiger partial charge in [-0.2, -0.15) is 0 Å². The zero-order valence-corrected chi connectivity index (χ0v) is 12.0. The number of rotatable bonds is 1. The van der Waals surface area contributed by atoms with Gasteiger partial charge in [-0.1, -0.05) is 28.1 Å². The van der Waals surface area contributed by atoms with Gasteiger partial charge in [-0.25, -0.2) is 4.39 Å². The molecule has 20 heavy (non-hydrogen) atoms. The standard InChI is InChI=1S/C15H12BrFO3/c16-9-2-3-10-13(19)7-14(20-15(10)6-9)8-1-4-12(18)11(17)5-8/h1-6,13-14,18-19H,7H2. The van der Waals surface area contributed by atoms with E-state index < -0.39 is 23.8 Å². The Balaban J connectivity index is 1.96. The van der Waals surface area contributed by atoms with Crippen LogP contribution in [-0.4, -0.2) is 10.2 Å². The van der Waals surface area contributed by atoms with E-state index in [1.54, 1.807) is 18.2 Å². The van der Waals surface area contributed by atoms with Crippen LogP contribution in [0.25, 0.3) is 0 Å². The van der Waals surface area contributed by atoms with Crippen molar-refractivity contribution in [2.45, 2.75) is 18.6 Å². The lowest BCUT2D eigenvalue weighted by molar-refractivity contribution is 0.0655. The first-order valence-corrected chi connectivity index (χ1v) is 6.96. The number of aliphatic hydroxyl groups is 1. The number of aromatic hydroxyl groups is 1. The number of phenolic OH excluding ortho intramolecular Hbond substituents is 1. The van der Waals surface area contributed by atoms with Crippen LogP contribution in [0.5, 0.6) is 11.5 Å². The van der Waals surface area contributed by atoms with Crippen molar-refractivity contribution in [2.24, 2.45) is 0 Å². The molecule has 104 valence electrons. The monoisotopic (exact) mass is 338 g/mol. The van der Waals surface area contributed by atoms with Crippen LogP contribution in [0.4, 0.5) is 4.39 Å². The Hall–Kier alpha value is -1.59. The van der Waals surface area contributed by atoms with Crippen molar-refractivity contribution >= 4 is 15.9 Å². The van der Waals surface area contributed by atoms with E-state index in [-0.39, 0.29) is 0 Å². The topological polar surface area (TPSA) is 49.7 Å². The second kappa shape index (κ2) is 5.07. The van der Waals surface area contributed by atoms with Crippen molar-refractivity contribution in [1.82, 2.24) is 0 Å². The molecule has 0 fully saturated rings. The van der Waals surface area contributed by atoms with Gasteiger partial charge in [0, 0.05) is 16.5 Å². The molecule has 2 aromatic rings. The summed E-state index contributed by atoms with van der Waals surface area (Å²) in [5, 5.41) is 19.4.